The molecular formula is C26H31ClN2O. The minimum absolute atomic E-state index is 0.0308. The standard InChI is InChI=1S/C26H31ClN2O/c1-25(2,3)23-11-12-28-16-22(23)19-13-18(17-7-9-21(27)10-8-17)14-20(15-19)24(30)29-26(4,5)6/h7-16,24,29-30H,1-6H3/t24-/m1/s1. The Labute approximate surface area is 185 Å². The van der Waals surface area contributed by atoms with Gasteiger partial charge in [0.25, 0.3) is 0 Å². The molecule has 0 aliphatic heterocycles. The van der Waals surface area contributed by atoms with Gasteiger partial charge in [-0.25, -0.2) is 0 Å². The summed E-state index contributed by atoms with van der Waals surface area (Å²) in [4.78, 5) is 4.39. The smallest absolute Gasteiger partial charge is 0.131 e. The van der Waals surface area contributed by atoms with Crippen molar-refractivity contribution in [3.63, 3.8) is 0 Å². The molecule has 0 spiro atoms. The molecule has 0 radical (unpaired) electrons. The SMILES string of the molecule is CC(C)(C)N[C@H](O)c1cc(-c2ccc(Cl)cc2)cc(-c2cnccc2C(C)(C)C)c1. The minimum atomic E-state index is -0.786. The average Bonchev–Trinajstić information content (AvgIpc) is 2.66. The van der Waals surface area contributed by atoms with Gasteiger partial charge in [0.05, 0.1) is 0 Å². The predicted octanol–water partition coefficient (Wildman–Crippen LogP) is 6.75. The third-order valence-electron chi connectivity index (χ3n) is 4.96. The van der Waals surface area contributed by atoms with Crippen molar-refractivity contribution >= 4 is 11.6 Å². The van der Waals surface area contributed by atoms with Crippen LogP contribution in [-0.4, -0.2) is 15.6 Å². The van der Waals surface area contributed by atoms with Crippen LogP contribution in [0.5, 0.6) is 0 Å². The molecule has 158 valence electrons. The first-order chi connectivity index (χ1) is 13.9. The molecule has 0 saturated carbocycles. The fourth-order valence-electron chi connectivity index (χ4n) is 3.55. The van der Waals surface area contributed by atoms with E-state index in [-0.39, 0.29) is 11.0 Å². The predicted molar refractivity (Wildman–Crippen MR) is 127 cm³/mol. The van der Waals surface area contributed by atoms with E-state index >= 15 is 0 Å². The molecule has 2 N–H and O–H groups in total. The minimum Gasteiger partial charge on any atom is -0.374 e. The van der Waals surface area contributed by atoms with E-state index in [0.717, 1.165) is 27.8 Å². The normalized spacial score (nSPS) is 13.3. The molecule has 3 rings (SSSR count). The lowest BCUT2D eigenvalue weighted by molar-refractivity contribution is 0.107. The van der Waals surface area contributed by atoms with Crippen LogP contribution in [0, 0.1) is 0 Å². The van der Waals surface area contributed by atoms with Gasteiger partial charge in [0.1, 0.15) is 6.23 Å². The van der Waals surface area contributed by atoms with Gasteiger partial charge in [-0.3, -0.25) is 10.3 Å². The number of hydrogen-bond acceptors (Lipinski definition) is 3. The van der Waals surface area contributed by atoms with Crippen LogP contribution in [0.1, 0.15) is 58.9 Å². The maximum absolute atomic E-state index is 10.9. The first-order valence-corrected chi connectivity index (χ1v) is 10.6. The lowest BCUT2D eigenvalue weighted by Crippen LogP contribution is -2.38. The van der Waals surface area contributed by atoms with E-state index in [1.165, 1.54) is 5.56 Å². The summed E-state index contributed by atoms with van der Waals surface area (Å²) >= 11 is 6.09. The topological polar surface area (TPSA) is 45.1 Å². The fraction of sp³-hybridized carbons (Fsp3) is 0.346. The van der Waals surface area contributed by atoms with Crippen LogP contribution >= 0.6 is 11.6 Å². The molecule has 0 aliphatic carbocycles. The highest BCUT2D eigenvalue weighted by Crippen LogP contribution is 2.36. The van der Waals surface area contributed by atoms with Crippen molar-refractivity contribution < 1.29 is 5.11 Å². The summed E-state index contributed by atoms with van der Waals surface area (Å²) < 4.78 is 0. The zero-order chi connectivity index (χ0) is 22.1. The lowest BCUT2D eigenvalue weighted by atomic mass is 9.82. The summed E-state index contributed by atoms with van der Waals surface area (Å²) in [6, 6.07) is 16.1. The molecule has 0 fully saturated rings. The summed E-state index contributed by atoms with van der Waals surface area (Å²) in [5, 5.41) is 14.9. The quantitative estimate of drug-likeness (QED) is 0.457. The Kier molecular flexibility index (Phi) is 6.37. The molecule has 3 aromatic rings. The summed E-state index contributed by atoms with van der Waals surface area (Å²) in [7, 11) is 0. The Morgan fingerprint density at radius 2 is 1.50 bits per heavy atom. The number of nitrogens with one attached hydrogen (secondary N) is 1. The first kappa shape index (κ1) is 22.5. The van der Waals surface area contributed by atoms with Gasteiger partial charge < -0.3 is 5.11 Å². The fourth-order valence-corrected chi connectivity index (χ4v) is 3.67. The number of pyridine rings is 1. The van der Waals surface area contributed by atoms with Gasteiger partial charge in [-0.1, -0.05) is 44.5 Å². The van der Waals surface area contributed by atoms with E-state index < -0.39 is 6.23 Å². The zero-order valence-electron chi connectivity index (χ0n) is 18.6. The van der Waals surface area contributed by atoms with Crippen LogP contribution in [0.2, 0.25) is 5.02 Å². The third kappa shape index (κ3) is 5.48. The van der Waals surface area contributed by atoms with Crippen LogP contribution < -0.4 is 5.32 Å². The second-order valence-corrected chi connectivity index (χ2v) is 10.3. The molecule has 1 atom stereocenters. The van der Waals surface area contributed by atoms with Gasteiger partial charge >= 0.3 is 0 Å². The van der Waals surface area contributed by atoms with Gasteiger partial charge in [-0.05, 0) is 90.4 Å². The van der Waals surface area contributed by atoms with Crippen LogP contribution in [0.4, 0.5) is 0 Å². The molecule has 1 aromatic heterocycles. The van der Waals surface area contributed by atoms with E-state index in [4.69, 9.17) is 11.6 Å². The van der Waals surface area contributed by atoms with Gasteiger partial charge in [0.15, 0.2) is 0 Å². The Bertz CT molecular complexity index is 1010. The maximum atomic E-state index is 10.9. The van der Waals surface area contributed by atoms with Gasteiger partial charge in [0, 0.05) is 28.5 Å². The molecule has 3 nitrogen and oxygen atoms in total. The molecule has 30 heavy (non-hydrogen) atoms. The summed E-state index contributed by atoms with van der Waals surface area (Å²) in [6.45, 7) is 12.7. The van der Waals surface area contributed by atoms with E-state index in [0.29, 0.717) is 5.02 Å². The van der Waals surface area contributed by atoms with E-state index in [1.54, 1.807) is 0 Å². The van der Waals surface area contributed by atoms with Crippen molar-refractivity contribution in [3.8, 4) is 22.3 Å². The monoisotopic (exact) mass is 422 g/mol. The third-order valence-corrected chi connectivity index (χ3v) is 5.21. The Morgan fingerprint density at radius 1 is 0.867 bits per heavy atom. The Balaban J connectivity index is 2.19. The summed E-state index contributed by atoms with van der Waals surface area (Å²) in [5.41, 5.74) is 5.96. The Hall–Kier alpha value is -2.20. The number of aliphatic hydroxyl groups is 1. The van der Waals surface area contributed by atoms with Crippen molar-refractivity contribution in [1.82, 2.24) is 10.3 Å². The average molecular weight is 423 g/mol. The molecular weight excluding hydrogens is 392 g/mol. The second kappa shape index (κ2) is 8.50. The number of nitrogens with zero attached hydrogens (tertiary/aromatic N) is 1. The van der Waals surface area contributed by atoms with Gasteiger partial charge in [0.2, 0.25) is 0 Å². The number of hydrogen-bond donors (Lipinski definition) is 2. The van der Waals surface area contributed by atoms with Crippen LogP contribution in [0.15, 0.2) is 60.9 Å². The van der Waals surface area contributed by atoms with Gasteiger partial charge in [-0.2, -0.15) is 0 Å². The molecule has 2 aromatic carbocycles. The number of benzene rings is 2. The van der Waals surface area contributed by atoms with Crippen molar-refractivity contribution in [2.45, 2.75) is 58.7 Å². The summed E-state index contributed by atoms with van der Waals surface area (Å²) in [5.74, 6) is 0. The molecule has 0 bridgehead atoms. The zero-order valence-corrected chi connectivity index (χ0v) is 19.4. The number of aliphatic hydroxyl groups excluding tert-OH is 1. The van der Waals surface area contributed by atoms with Gasteiger partial charge in [-0.15, -0.1) is 0 Å². The maximum Gasteiger partial charge on any atom is 0.131 e. The van der Waals surface area contributed by atoms with E-state index in [9.17, 15) is 5.11 Å². The van der Waals surface area contributed by atoms with Crippen molar-refractivity contribution in [3.05, 3.63) is 77.1 Å². The van der Waals surface area contributed by atoms with E-state index in [1.807, 2.05) is 63.5 Å². The summed E-state index contributed by atoms with van der Waals surface area (Å²) in [6.07, 6.45) is 2.96. The number of rotatable bonds is 4. The highest BCUT2D eigenvalue weighted by atomic mass is 35.5. The van der Waals surface area contributed by atoms with Crippen molar-refractivity contribution in [1.29, 1.82) is 0 Å². The van der Waals surface area contributed by atoms with Crippen LogP contribution in [0.25, 0.3) is 22.3 Å². The second-order valence-electron chi connectivity index (χ2n) is 9.82. The van der Waals surface area contributed by atoms with E-state index in [2.05, 4.69) is 49.3 Å². The van der Waals surface area contributed by atoms with Crippen LogP contribution in [0.3, 0.4) is 0 Å². The highest BCUT2D eigenvalue weighted by Gasteiger charge is 2.22. The van der Waals surface area contributed by atoms with Crippen molar-refractivity contribution in [2.24, 2.45) is 0 Å². The number of aromatic nitrogens is 1. The molecule has 4 heteroatoms. The largest absolute Gasteiger partial charge is 0.374 e. The number of halogens is 1. The first-order valence-electron chi connectivity index (χ1n) is 10.3. The lowest BCUT2D eigenvalue weighted by Gasteiger charge is -2.27. The molecule has 0 amide bonds. The Morgan fingerprint density at radius 3 is 2.10 bits per heavy atom. The van der Waals surface area contributed by atoms with Crippen LogP contribution in [-0.2, 0) is 5.41 Å². The molecule has 1 heterocycles. The molecule has 0 saturated heterocycles. The van der Waals surface area contributed by atoms with Crippen molar-refractivity contribution in [2.75, 3.05) is 0 Å². The molecule has 0 unspecified atom stereocenters. The molecule has 0 aliphatic rings. The highest BCUT2D eigenvalue weighted by molar-refractivity contribution is 6.30.